The Hall–Kier alpha value is -15.7. The lowest BCUT2D eigenvalue weighted by atomic mass is 10.0. The Kier molecular flexibility index (Phi) is 31.4. The number of aromatic nitrogens is 5. The van der Waals surface area contributed by atoms with Crippen LogP contribution in [0.5, 0.6) is 23.0 Å². The van der Waals surface area contributed by atoms with E-state index in [2.05, 4.69) is 504 Å². The first-order valence-corrected chi connectivity index (χ1v) is 51.8. The third-order valence-electron chi connectivity index (χ3n) is 28.7. The number of hydrogen-bond acceptors (Lipinski definition) is 7. The van der Waals surface area contributed by atoms with E-state index in [-0.39, 0.29) is 0 Å². The van der Waals surface area contributed by atoms with E-state index < -0.39 is 0 Å². The van der Waals surface area contributed by atoms with Crippen LogP contribution in [0.3, 0.4) is 0 Å². The van der Waals surface area contributed by atoms with Gasteiger partial charge in [0.05, 0.1) is 26.4 Å². The molecule has 5 aromatic heterocycles. The summed E-state index contributed by atoms with van der Waals surface area (Å²) in [5, 5.41) is 13.0. The number of benzene rings is 17. The molecule has 22 rings (SSSR count). The molecule has 22 aromatic rings. The number of fused-ring (bicyclic) bond motifs is 15. The molecular formula is C132H136N8O4. The summed E-state index contributed by atoms with van der Waals surface area (Å²) in [6.07, 6.45) is 12.0. The molecule has 0 aliphatic heterocycles. The van der Waals surface area contributed by atoms with Gasteiger partial charge < -0.3 is 56.5 Å². The number of para-hydroxylation sites is 5. The van der Waals surface area contributed by atoms with Crippen molar-refractivity contribution in [3.05, 3.63) is 405 Å². The van der Waals surface area contributed by atoms with Crippen LogP contribution in [-0.4, -0.2) is 49.3 Å². The number of anilines is 9. The molecule has 0 amide bonds. The molecule has 5 heterocycles. The lowest BCUT2D eigenvalue weighted by Crippen LogP contribution is -2.12. The average molecular weight is 1900 g/mol. The molecule has 17 aromatic carbocycles. The van der Waals surface area contributed by atoms with Gasteiger partial charge in [0.2, 0.25) is 0 Å². The normalized spacial score (nSPS) is 11.7. The van der Waals surface area contributed by atoms with Crippen molar-refractivity contribution in [1.82, 2.24) is 22.8 Å². The van der Waals surface area contributed by atoms with Crippen molar-refractivity contribution in [2.45, 2.75) is 127 Å². The molecule has 0 spiro atoms. The number of aryl methyl sites for hydroxylation is 8. The highest BCUT2D eigenvalue weighted by Gasteiger charge is 2.23. The lowest BCUT2D eigenvalue weighted by Gasteiger charge is -2.26. The minimum absolute atomic E-state index is 0.605. The van der Waals surface area contributed by atoms with Crippen LogP contribution in [0, 0.1) is 32.6 Å². The van der Waals surface area contributed by atoms with E-state index in [4.69, 9.17) is 18.9 Å². The molecule has 12 heteroatoms. The first-order valence-electron chi connectivity index (χ1n) is 51.8. The topological polar surface area (TPSA) is 71.3 Å². The maximum absolute atomic E-state index is 6.27. The number of nitrogens with zero attached hydrogens (tertiary/aromatic N) is 8. The molecule has 728 valence electrons. The Labute approximate surface area is 850 Å². The van der Waals surface area contributed by atoms with Crippen molar-refractivity contribution < 1.29 is 18.9 Å². The highest BCUT2D eigenvalue weighted by atomic mass is 16.5. The molecule has 0 saturated carbocycles. The summed E-state index contributed by atoms with van der Waals surface area (Å²) >= 11 is 0. The third kappa shape index (κ3) is 21.7. The quantitative estimate of drug-likeness (QED) is 0.0415. The molecule has 0 aliphatic rings. The van der Waals surface area contributed by atoms with Gasteiger partial charge in [0.25, 0.3) is 0 Å². The molecule has 144 heavy (non-hydrogen) atoms. The van der Waals surface area contributed by atoms with Gasteiger partial charge >= 0.3 is 0 Å². The summed E-state index contributed by atoms with van der Waals surface area (Å²) < 4.78 is 35.4. The van der Waals surface area contributed by atoms with E-state index in [0.29, 0.717) is 18.4 Å². The Morgan fingerprint density at radius 1 is 0.215 bits per heavy atom. The van der Waals surface area contributed by atoms with Gasteiger partial charge in [-0.05, 0) is 300 Å². The molecule has 0 saturated heterocycles. The summed E-state index contributed by atoms with van der Waals surface area (Å²) in [7, 11) is 10.7. The van der Waals surface area contributed by atoms with Crippen LogP contribution in [0.2, 0.25) is 0 Å². The molecule has 2 atom stereocenters. The Bertz CT molecular complexity index is 8000. The number of rotatable bonds is 30. The fourth-order valence-corrected chi connectivity index (χ4v) is 20.4. The van der Waals surface area contributed by atoms with E-state index >= 15 is 0 Å². The van der Waals surface area contributed by atoms with Crippen LogP contribution in [0.25, 0.3) is 120 Å². The molecule has 0 bridgehead atoms. The molecule has 0 aliphatic carbocycles. The van der Waals surface area contributed by atoms with Crippen LogP contribution in [0.4, 0.5) is 51.2 Å². The lowest BCUT2D eigenvalue weighted by molar-refractivity contribution is 0.233. The molecule has 2 unspecified atom stereocenters. The highest BCUT2D eigenvalue weighted by molar-refractivity contribution is 6.14. The Balaban J connectivity index is 0.000000123. The second-order valence-electron chi connectivity index (χ2n) is 38.3. The van der Waals surface area contributed by atoms with E-state index in [9.17, 15) is 0 Å². The zero-order chi connectivity index (χ0) is 99.7. The van der Waals surface area contributed by atoms with Crippen molar-refractivity contribution in [2.75, 3.05) is 41.1 Å². The zero-order valence-corrected chi connectivity index (χ0v) is 86.2. The van der Waals surface area contributed by atoms with Gasteiger partial charge in [0.1, 0.15) is 23.0 Å². The van der Waals surface area contributed by atoms with Crippen molar-refractivity contribution in [3.63, 3.8) is 0 Å². The van der Waals surface area contributed by atoms with Crippen molar-refractivity contribution in [3.8, 4) is 34.1 Å². The van der Waals surface area contributed by atoms with Crippen molar-refractivity contribution >= 4 is 160 Å². The number of hydrogen-bond donors (Lipinski definition) is 0. The van der Waals surface area contributed by atoms with Gasteiger partial charge in [-0.2, -0.15) is 0 Å². The zero-order valence-electron chi connectivity index (χ0n) is 86.2. The minimum atomic E-state index is 0.605. The fourth-order valence-electron chi connectivity index (χ4n) is 20.4. The van der Waals surface area contributed by atoms with Gasteiger partial charge in [0, 0.05) is 195 Å². The van der Waals surface area contributed by atoms with Crippen LogP contribution in [-0.2, 0) is 35.2 Å². The maximum atomic E-state index is 6.27. The molecule has 0 fully saturated rings. The summed E-state index contributed by atoms with van der Waals surface area (Å²) in [6, 6.07) is 139. The summed E-state index contributed by atoms with van der Waals surface area (Å²) in [5.41, 5.74) is 29.1. The van der Waals surface area contributed by atoms with E-state index in [0.717, 1.165) is 120 Å². The fraction of sp³-hybridized carbons (Fsp3) is 0.227. The van der Waals surface area contributed by atoms with Gasteiger partial charge in [-0.15, -0.1) is 0 Å². The summed E-state index contributed by atoms with van der Waals surface area (Å²) in [6.45, 7) is 22.6. The largest absolute Gasteiger partial charge is 0.494 e. The predicted molar refractivity (Wildman–Crippen MR) is 615 cm³/mol. The summed E-state index contributed by atoms with van der Waals surface area (Å²) in [5.74, 6) is 4.87. The molecule has 12 nitrogen and oxygen atoms in total. The van der Waals surface area contributed by atoms with E-state index in [1.807, 2.05) is 19.1 Å². The molecule has 0 radical (unpaired) electrons. The third-order valence-corrected chi connectivity index (χ3v) is 28.7. The van der Waals surface area contributed by atoms with E-state index in [1.54, 1.807) is 0 Å². The minimum Gasteiger partial charge on any atom is -0.494 e. The van der Waals surface area contributed by atoms with Crippen molar-refractivity contribution in [1.29, 1.82) is 0 Å². The second kappa shape index (κ2) is 45.9. The monoisotopic (exact) mass is 1900 g/mol. The standard InChI is InChI=1S/C41H52N2O2.C30H30N2O.C28H26N2O.C19H15N.C14H13N/c1-6-10-14-31(8-3)29-44-36-23-18-33(19-24-36)43(34-20-25-37(26-21-34)45-30-32(9-4)15-11-7-2)35-22-27-41-39(28-35)38-16-12-13-17-40(38)42(41)5;1-4-5-20-33-26-17-14-24(15-18-26)32(23-12-10-22(2)11-13-23)25-16-19-30-28(21-25)27-8-6-7-9-29(27)31(30)3;1-4-31-24-16-13-22(14-17-24)30(21-11-9-20(2)10-12-21)23-15-18-28-26(19-23)25-7-5-6-8-27(25)29(28)3;1-20-18-10-6-5-9-16(18)17-13-15(11-12-19(17)20)14-7-3-2-4-8-14;1-10-7-8-14-12(9-10)11-5-3-4-6-13(11)15(14)2/h12-13,16-28,31-32H,6-11,14-15,29-30H2,1-5H3;6-19,21H,4-5,20H2,1-3H3;5-19H,4H2,1-3H3;2-13H,1H3;3-9H,1-2H3. The van der Waals surface area contributed by atoms with Crippen molar-refractivity contribution in [2.24, 2.45) is 47.1 Å². The Morgan fingerprint density at radius 3 is 0.792 bits per heavy atom. The van der Waals surface area contributed by atoms with Gasteiger partial charge in [0.15, 0.2) is 0 Å². The smallest absolute Gasteiger partial charge is 0.119 e. The van der Waals surface area contributed by atoms with Crippen LogP contribution in [0.1, 0.15) is 122 Å². The van der Waals surface area contributed by atoms with E-state index in [1.165, 1.54) is 175 Å². The Morgan fingerprint density at radius 2 is 0.472 bits per heavy atom. The van der Waals surface area contributed by atoms with Gasteiger partial charge in [-0.3, -0.25) is 0 Å². The SMILES string of the molecule is CCCCC(CC)COc1ccc(N(c2ccc(OCC(CC)CCCC)cc2)c2ccc3c(c2)c2ccccc2n3C)cc1.CCCCOc1ccc(N(c2ccc(C)cc2)c2ccc3c(c2)c2ccccc2n3C)cc1.CCOc1ccc(N(c2ccc(C)cc2)c2ccc3c(c2)c2ccccc2n3C)cc1.Cc1ccc2c(c1)c1ccccc1n2C.Cn1c2ccccc2c2cc(-c3ccccc3)ccc21. The highest BCUT2D eigenvalue weighted by Crippen LogP contribution is 2.45. The van der Waals surface area contributed by atoms with Crippen LogP contribution >= 0.6 is 0 Å². The average Bonchev–Trinajstić information content (AvgIpc) is 1.62. The number of unbranched alkanes of at least 4 members (excludes halogenated alkanes) is 3. The number of ether oxygens (including phenoxy) is 4. The van der Waals surface area contributed by atoms with Gasteiger partial charge in [-0.25, -0.2) is 0 Å². The summed E-state index contributed by atoms with van der Waals surface area (Å²) in [4.78, 5) is 6.95. The second-order valence-corrected chi connectivity index (χ2v) is 38.3. The predicted octanol–water partition coefficient (Wildman–Crippen LogP) is 36.4. The first kappa shape index (κ1) is 98.5. The maximum Gasteiger partial charge on any atom is 0.119 e. The van der Waals surface area contributed by atoms with Crippen LogP contribution in [0.15, 0.2) is 388 Å². The van der Waals surface area contributed by atoms with Gasteiger partial charge in [-0.1, -0.05) is 254 Å². The molecule has 0 N–H and O–H groups in total. The van der Waals surface area contributed by atoms with Crippen LogP contribution < -0.4 is 33.6 Å². The first-order chi connectivity index (χ1) is 70.5. The molecular weight excluding hydrogens is 1760 g/mol.